The second-order valence-corrected chi connectivity index (χ2v) is 5.95. The summed E-state index contributed by atoms with van der Waals surface area (Å²) in [5.41, 5.74) is 7.52. The minimum absolute atomic E-state index is 0.150. The minimum Gasteiger partial charge on any atom is -0.327 e. The van der Waals surface area contributed by atoms with Crippen LogP contribution in [0, 0.1) is 5.41 Å². The summed E-state index contributed by atoms with van der Waals surface area (Å²) < 4.78 is 0. The predicted octanol–water partition coefficient (Wildman–Crippen LogP) is 2.28. The van der Waals surface area contributed by atoms with E-state index >= 15 is 0 Å². The molecule has 0 aromatic carbocycles. The zero-order valence-electron chi connectivity index (χ0n) is 11.6. The molecule has 3 nitrogen and oxygen atoms in total. The van der Waals surface area contributed by atoms with Crippen LogP contribution in [0.5, 0.6) is 0 Å². The number of hydrogen-bond acceptors (Lipinski definition) is 3. The van der Waals surface area contributed by atoms with Crippen molar-refractivity contribution in [2.45, 2.75) is 46.3 Å². The molecular weight excluding hydrogens is 210 g/mol. The Morgan fingerprint density at radius 3 is 2.47 bits per heavy atom. The van der Waals surface area contributed by atoms with E-state index in [1.807, 2.05) is 12.3 Å². The molecule has 17 heavy (non-hydrogen) atoms. The number of rotatable bonds is 4. The average Bonchev–Trinajstić information content (AvgIpc) is 2.15. The number of hydrogen-bond donors (Lipinski definition) is 1. The van der Waals surface area contributed by atoms with E-state index in [-0.39, 0.29) is 11.5 Å². The number of pyridine rings is 1. The highest BCUT2D eigenvalue weighted by Crippen LogP contribution is 2.26. The number of nitrogens with zero attached hydrogens (tertiary/aromatic N) is 2. The summed E-state index contributed by atoms with van der Waals surface area (Å²) in [5.74, 6) is 0. The minimum atomic E-state index is 0.150. The van der Waals surface area contributed by atoms with Crippen molar-refractivity contribution >= 4 is 0 Å². The lowest BCUT2D eigenvalue weighted by atomic mass is 9.82. The van der Waals surface area contributed by atoms with Crippen LogP contribution < -0.4 is 5.73 Å². The highest BCUT2D eigenvalue weighted by Gasteiger charge is 2.31. The van der Waals surface area contributed by atoms with Crippen molar-refractivity contribution in [3.8, 4) is 0 Å². The quantitative estimate of drug-likeness (QED) is 0.870. The molecule has 0 amide bonds. The van der Waals surface area contributed by atoms with Crippen LogP contribution in [0.1, 0.15) is 33.3 Å². The molecule has 0 saturated heterocycles. The highest BCUT2D eigenvalue weighted by atomic mass is 15.2. The molecule has 96 valence electrons. The van der Waals surface area contributed by atoms with Gasteiger partial charge in [0, 0.05) is 31.0 Å². The molecule has 1 aromatic rings. The van der Waals surface area contributed by atoms with E-state index in [2.05, 4.69) is 50.7 Å². The highest BCUT2D eigenvalue weighted by molar-refractivity contribution is 5.08. The zero-order chi connectivity index (χ0) is 13.1. The van der Waals surface area contributed by atoms with Gasteiger partial charge in [-0.05, 0) is 31.0 Å². The molecular formula is C14H25N3. The summed E-state index contributed by atoms with van der Waals surface area (Å²) in [7, 11) is 2.13. The van der Waals surface area contributed by atoms with E-state index < -0.39 is 0 Å². The molecule has 0 fully saturated rings. The Balaban J connectivity index is 2.77. The van der Waals surface area contributed by atoms with E-state index in [0.29, 0.717) is 6.04 Å². The molecule has 1 rings (SSSR count). The molecule has 0 spiro atoms. The summed E-state index contributed by atoms with van der Waals surface area (Å²) in [5, 5.41) is 0. The van der Waals surface area contributed by atoms with Crippen molar-refractivity contribution in [3.05, 3.63) is 30.1 Å². The first kappa shape index (κ1) is 14.1. The fraction of sp³-hybridized carbons (Fsp3) is 0.643. The Bertz CT molecular complexity index is 327. The van der Waals surface area contributed by atoms with Crippen LogP contribution >= 0.6 is 0 Å². The molecule has 0 radical (unpaired) electrons. The van der Waals surface area contributed by atoms with Gasteiger partial charge in [0.1, 0.15) is 0 Å². The number of nitrogens with two attached hydrogens (primary N) is 1. The van der Waals surface area contributed by atoms with Gasteiger partial charge in [-0.3, -0.25) is 9.88 Å². The lowest BCUT2D eigenvalue weighted by Crippen LogP contribution is -2.51. The van der Waals surface area contributed by atoms with Crippen molar-refractivity contribution in [2.24, 2.45) is 11.1 Å². The van der Waals surface area contributed by atoms with Crippen LogP contribution in [0.3, 0.4) is 0 Å². The van der Waals surface area contributed by atoms with E-state index in [4.69, 9.17) is 5.73 Å². The number of aromatic nitrogens is 1. The van der Waals surface area contributed by atoms with Gasteiger partial charge >= 0.3 is 0 Å². The van der Waals surface area contributed by atoms with Crippen molar-refractivity contribution in [3.63, 3.8) is 0 Å². The smallest absolute Gasteiger partial charge is 0.0312 e. The predicted molar refractivity (Wildman–Crippen MR) is 72.6 cm³/mol. The topological polar surface area (TPSA) is 42.1 Å². The van der Waals surface area contributed by atoms with Crippen LogP contribution in [0.2, 0.25) is 0 Å². The van der Waals surface area contributed by atoms with Gasteiger partial charge in [0.15, 0.2) is 0 Å². The molecule has 1 aromatic heterocycles. The van der Waals surface area contributed by atoms with Crippen LogP contribution in [-0.2, 0) is 6.54 Å². The van der Waals surface area contributed by atoms with Gasteiger partial charge in [0.05, 0.1) is 0 Å². The first-order chi connectivity index (χ1) is 7.82. The molecule has 0 aliphatic heterocycles. The van der Waals surface area contributed by atoms with Gasteiger partial charge in [-0.15, -0.1) is 0 Å². The third kappa shape index (κ3) is 4.10. The van der Waals surface area contributed by atoms with Crippen molar-refractivity contribution < 1.29 is 0 Å². The maximum Gasteiger partial charge on any atom is 0.0312 e. The SMILES string of the molecule is CC(N)C(N(C)Cc1cccnc1)C(C)(C)C. The third-order valence-electron chi connectivity index (χ3n) is 3.01. The van der Waals surface area contributed by atoms with E-state index in [9.17, 15) is 0 Å². The molecule has 2 atom stereocenters. The Morgan fingerprint density at radius 1 is 1.41 bits per heavy atom. The molecule has 2 unspecified atom stereocenters. The molecule has 2 N–H and O–H groups in total. The van der Waals surface area contributed by atoms with Crippen LogP contribution in [0.4, 0.5) is 0 Å². The van der Waals surface area contributed by atoms with Gasteiger partial charge in [-0.1, -0.05) is 26.8 Å². The normalized spacial score (nSPS) is 15.9. The van der Waals surface area contributed by atoms with E-state index in [1.54, 1.807) is 6.20 Å². The largest absolute Gasteiger partial charge is 0.327 e. The average molecular weight is 235 g/mol. The van der Waals surface area contributed by atoms with Crippen molar-refractivity contribution in [2.75, 3.05) is 7.05 Å². The van der Waals surface area contributed by atoms with E-state index in [0.717, 1.165) is 6.54 Å². The van der Waals surface area contributed by atoms with Crippen LogP contribution in [-0.4, -0.2) is 29.0 Å². The van der Waals surface area contributed by atoms with Crippen molar-refractivity contribution in [1.82, 2.24) is 9.88 Å². The molecule has 0 saturated carbocycles. The zero-order valence-corrected chi connectivity index (χ0v) is 11.6. The summed E-state index contributed by atoms with van der Waals surface area (Å²) in [6, 6.07) is 4.57. The molecule has 0 bridgehead atoms. The Hall–Kier alpha value is -0.930. The Morgan fingerprint density at radius 2 is 2.06 bits per heavy atom. The fourth-order valence-corrected chi connectivity index (χ4v) is 2.73. The third-order valence-corrected chi connectivity index (χ3v) is 3.01. The van der Waals surface area contributed by atoms with Crippen LogP contribution in [0.15, 0.2) is 24.5 Å². The molecule has 1 heterocycles. The second-order valence-electron chi connectivity index (χ2n) is 5.95. The first-order valence-corrected chi connectivity index (χ1v) is 6.17. The van der Waals surface area contributed by atoms with Gasteiger partial charge in [0.2, 0.25) is 0 Å². The maximum atomic E-state index is 6.12. The Labute approximate surface area is 105 Å². The fourth-order valence-electron chi connectivity index (χ4n) is 2.73. The lowest BCUT2D eigenvalue weighted by Gasteiger charge is -2.40. The van der Waals surface area contributed by atoms with Gasteiger partial charge < -0.3 is 5.73 Å². The van der Waals surface area contributed by atoms with E-state index in [1.165, 1.54) is 5.56 Å². The molecule has 0 aliphatic rings. The summed E-state index contributed by atoms with van der Waals surface area (Å²) in [6.07, 6.45) is 3.72. The van der Waals surface area contributed by atoms with Gasteiger partial charge in [0.25, 0.3) is 0 Å². The van der Waals surface area contributed by atoms with Crippen LogP contribution in [0.25, 0.3) is 0 Å². The monoisotopic (exact) mass is 235 g/mol. The Kier molecular flexibility index (Phi) is 4.66. The summed E-state index contributed by atoms with van der Waals surface area (Å²) in [6.45, 7) is 9.68. The maximum absolute atomic E-state index is 6.12. The van der Waals surface area contributed by atoms with Gasteiger partial charge in [-0.2, -0.15) is 0 Å². The lowest BCUT2D eigenvalue weighted by molar-refractivity contribution is 0.100. The number of likely N-dealkylation sites (N-methyl/N-ethyl adjacent to an activating group) is 1. The molecule has 0 aliphatic carbocycles. The summed E-state index contributed by atoms with van der Waals surface area (Å²) >= 11 is 0. The second kappa shape index (κ2) is 5.61. The standard InChI is InChI=1S/C14H25N3/c1-11(15)13(14(2,3)4)17(5)10-12-7-6-8-16-9-12/h6-9,11,13H,10,15H2,1-5H3. The van der Waals surface area contributed by atoms with Gasteiger partial charge in [-0.25, -0.2) is 0 Å². The first-order valence-electron chi connectivity index (χ1n) is 6.17. The molecule has 3 heteroatoms. The summed E-state index contributed by atoms with van der Waals surface area (Å²) in [4.78, 5) is 6.47. The van der Waals surface area contributed by atoms with Crippen molar-refractivity contribution in [1.29, 1.82) is 0 Å².